The van der Waals surface area contributed by atoms with E-state index in [-0.39, 0.29) is 11.8 Å². The molecule has 8 heteroatoms. The molecule has 118 valence electrons. The highest BCUT2D eigenvalue weighted by Gasteiger charge is 2.25. The quantitative estimate of drug-likeness (QED) is 0.918. The second kappa shape index (κ2) is 5.98. The van der Waals surface area contributed by atoms with Gasteiger partial charge in [-0.15, -0.1) is 0 Å². The third-order valence-corrected chi connectivity index (χ3v) is 5.37. The predicted molar refractivity (Wildman–Crippen MR) is 84.1 cm³/mol. The third kappa shape index (κ3) is 3.48. The minimum absolute atomic E-state index is 0.119. The monoisotopic (exact) mass is 340 g/mol. The molecule has 1 aromatic heterocycles. The molecule has 2 aromatic rings. The van der Waals surface area contributed by atoms with Crippen molar-refractivity contribution in [1.82, 2.24) is 19.5 Å². The summed E-state index contributed by atoms with van der Waals surface area (Å²) in [6.07, 6.45) is 1.44. The predicted octanol–water partition coefficient (Wildman–Crippen LogP) is 1.67. The number of aromatic nitrogens is 3. The van der Waals surface area contributed by atoms with E-state index in [1.165, 1.54) is 0 Å². The van der Waals surface area contributed by atoms with E-state index < -0.39 is 10.0 Å². The molecule has 1 unspecified atom stereocenters. The molecule has 0 bridgehead atoms. The van der Waals surface area contributed by atoms with Crippen LogP contribution in [-0.2, 0) is 28.7 Å². The van der Waals surface area contributed by atoms with Gasteiger partial charge in [-0.3, -0.25) is 0 Å². The molecule has 1 aliphatic heterocycles. The molecule has 0 radical (unpaired) electrons. The molecule has 1 atom stereocenters. The van der Waals surface area contributed by atoms with Crippen LogP contribution in [0.3, 0.4) is 0 Å². The standard InChI is InChI=1S/C14H17ClN4O2S/c1-10-16-14-7-6-12(8-19(14)17-10)18-22(20,21)9-11-4-2-3-5-13(11)15/h2-5,12,18H,6-9H2,1H3. The van der Waals surface area contributed by atoms with E-state index >= 15 is 0 Å². The number of hydrogen-bond acceptors (Lipinski definition) is 4. The van der Waals surface area contributed by atoms with Crippen LogP contribution in [0.1, 0.15) is 23.6 Å². The van der Waals surface area contributed by atoms with Crippen molar-refractivity contribution in [2.75, 3.05) is 0 Å². The van der Waals surface area contributed by atoms with Gasteiger partial charge < -0.3 is 0 Å². The lowest BCUT2D eigenvalue weighted by atomic mass is 10.1. The first-order valence-electron chi connectivity index (χ1n) is 7.07. The SMILES string of the molecule is Cc1nc2n(n1)CC(NS(=O)(=O)Cc1ccccc1Cl)CC2. The molecular weight excluding hydrogens is 324 g/mol. The van der Waals surface area contributed by atoms with Gasteiger partial charge in [0.25, 0.3) is 0 Å². The number of nitrogens with one attached hydrogen (secondary N) is 1. The summed E-state index contributed by atoms with van der Waals surface area (Å²) in [4.78, 5) is 4.32. The number of halogens is 1. The highest BCUT2D eigenvalue weighted by atomic mass is 35.5. The summed E-state index contributed by atoms with van der Waals surface area (Å²) in [7, 11) is -3.45. The average Bonchev–Trinajstić information content (AvgIpc) is 2.80. The minimum Gasteiger partial charge on any atom is -0.248 e. The number of fused-ring (bicyclic) bond motifs is 1. The average molecular weight is 341 g/mol. The molecule has 2 heterocycles. The van der Waals surface area contributed by atoms with E-state index in [9.17, 15) is 8.42 Å². The number of benzene rings is 1. The Balaban J connectivity index is 1.69. The van der Waals surface area contributed by atoms with E-state index in [4.69, 9.17) is 11.6 Å². The summed E-state index contributed by atoms with van der Waals surface area (Å²) in [6.45, 7) is 2.35. The van der Waals surface area contributed by atoms with Gasteiger partial charge in [-0.05, 0) is 25.0 Å². The van der Waals surface area contributed by atoms with Gasteiger partial charge in [0.2, 0.25) is 10.0 Å². The zero-order valence-electron chi connectivity index (χ0n) is 12.2. The zero-order chi connectivity index (χ0) is 15.7. The summed E-state index contributed by atoms with van der Waals surface area (Å²) in [5.74, 6) is 1.51. The van der Waals surface area contributed by atoms with Crippen molar-refractivity contribution < 1.29 is 8.42 Å². The van der Waals surface area contributed by atoms with Crippen LogP contribution in [-0.4, -0.2) is 29.2 Å². The normalized spacial score (nSPS) is 18.2. The van der Waals surface area contributed by atoms with Crippen molar-refractivity contribution in [3.63, 3.8) is 0 Å². The van der Waals surface area contributed by atoms with Gasteiger partial charge in [0.05, 0.1) is 12.3 Å². The number of sulfonamides is 1. The Labute approximate surface area is 134 Å². The first kappa shape index (κ1) is 15.5. The fraction of sp³-hybridized carbons (Fsp3) is 0.429. The van der Waals surface area contributed by atoms with Crippen molar-refractivity contribution in [3.05, 3.63) is 46.5 Å². The summed E-state index contributed by atoms with van der Waals surface area (Å²) >= 11 is 6.03. The fourth-order valence-electron chi connectivity index (χ4n) is 2.65. The van der Waals surface area contributed by atoms with Crippen LogP contribution in [0, 0.1) is 6.92 Å². The summed E-state index contributed by atoms with van der Waals surface area (Å²) in [5, 5.41) is 4.74. The van der Waals surface area contributed by atoms with Crippen LogP contribution in [0.4, 0.5) is 0 Å². The fourth-order valence-corrected chi connectivity index (χ4v) is 4.37. The van der Waals surface area contributed by atoms with E-state index in [0.29, 0.717) is 17.1 Å². The van der Waals surface area contributed by atoms with Crippen molar-refractivity contribution >= 4 is 21.6 Å². The highest BCUT2D eigenvalue weighted by molar-refractivity contribution is 7.88. The second-order valence-corrected chi connectivity index (χ2v) is 7.62. The van der Waals surface area contributed by atoms with Crippen LogP contribution >= 0.6 is 11.6 Å². The van der Waals surface area contributed by atoms with Crippen LogP contribution in [0.25, 0.3) is 0 Å². The lowest BCUT2D eigenvalue weighted by Crippen LogP contribution is -2.41. The molecule has 3 rings (SSSR count). The van der Waals surface area contributed by atoms with Gasteiger partial charge in [0, 0.05) is 17.5 Å². The molecule has 0 aliphatic carbocycles. The third-order valence-electron chi connectivity index (χ3n) is 3.61. The zero-order valence-corrected chi connectivity index (χ0v) is 13.7. The molecule has 6 nitrogen and oxygen atoms in total. The smallest absolute Gasteiger partial charge is 0.216 e. The van der Waals surface area contributed by atoms with Crippen molar-refractivity contribution in [3.8, 4) is 0 Å². The van der Waals surface area contributed by atoms with Gasteiger partial charge in [-0.1, -0.05) is 29.8 Å². The Morgan fingerprint density at radius 2 is 2.18 bits per heavy atom. The Morgan fingerprint density at radius 1 is 1.41 bits per heavy atom. The lowest BCUT2D eigenvalue weighted by Gasteiger charge is -2.23. The first-order valence-corrected chi connectivity index (χ1v) is 9.10. The Morgan fingerprint density at radius 3 is 2.95 bits per heavy atom. The lowest BCUT2D eigenvalue weighted by molar-refractivity contribution is 0.394. The van der Waals surface area contributed by atoms with Crippen LogP contribution in [0.5, 0.6) is 0 Å². The summed E-state index contributed by atoms with van der Waals surface area (Å²) in [6, 6.07) is 6.81. The molecule has 0 saturated carbocycles. The van der Waals surface area contributed by atoms with E-state index in [0.717, 1.165) is 24.5 Å². The number of rotatable bonds is 4. The molecule has 0 fully saturated rings. The maximum atomic E-state index is 12.3. The maximum absolute atomic E-state index is 12.3. The van der Waals surface area contributed by atoms with E-state index in [1.807, 2.05) is 6.92 Å². The Kier molecular flexibility index (Phi) is 4.20. The molecule has 1 aliphatic rings. The highest BCUT2D eigenvalue weighted by Crippen LogP contribution is 2.19. The van der Waals surface area contributed by atoms with Gasteiger partial charge in [-0.25, -0.2) is 22.8 Å². The minimum atomic E-state index is -3.45. The van der Waals surface area contributed by atoms with Gasteiger partial charge in [-0.2, -0.15) is 5.10 Å². The number of nitrogens with zero attached hydrogens (tertiary/aromatic N) is 3. The molecule has 0 saturated heterocycles. The summed E-state index contributed by atoms with van der Waals surface area (Å²) in [5.41, 5.74) is 0.602. The van der Waals surface area contributed by atoms with Gasteiger partial charge >= 0.3 is 0 Å². The molecular formula is C14H17ClN4O2S. The topological polar surface area (TPSA) is 76.9 Å². The molecule has 1 aromatic carbocycles. The molecule has 0 spiro atoms. The van der Waals surface area contributed by atoms with E-state index in [1.54, 1.807) is 28.9 Å². The van der Waals surface area contributed by atoms with Crippen molar-refractivity contribution in [2.24, 2.45) is 0 Å². The second-order valence-electron chi connectivity index (χ2n) is 5.46. The van der Waals surface area contributed by atoms with E-state index in [2.05, 4.69) is 14.8 Å². The first-order chi connectivity index (χ1) is 10.4. The molecule has 1 N–H and O–H groups in total. The largest absolute Gasteiger partial charge is 0.248 e. The van der Waals surface area contributed by atoms with Crippen molar-refractivity contribution in [1.29, 1.82) is 0 Å². The molecule has 22 heavy (non-hydrogen) atoms. The van der Waals surface area contributed by atoms with Gasteiger partial charge in [0.15, 0.2) is 0 Å². The van der Waals surface area contributed by atoms with Gasteiger partial charge in [0.1, 0.15) is 11.6 Å². The molecule has 0 amide bonds. The number of hydrogen-bond donors (Lipinski definition) is 1. The maximum Gasteiger partial charge on any atom is 0.216 e. The van der Waals surface area contributed by atoms with Crippen LogP contribution in [0.2, 0.25) is 5.02 Å². The number of aryl methyl sites for hydroxylation is 2. The van der Waals surface area contributed by atoms with Crippen LogP contribution in [0.15, 0.2) is 24.3 Å². The summed E-state index contributed by atoms with van der Waals surface area (Å²) < 4.78 is 29.2. The van der Waals surface area contributed by atoms with Crippen LogP contribution < -0.4 is 4.72 Å². The van der Waals surface area contributed by atoms with Crippen molar-refractivity contribution in [2.45, 2.75) is 38.1 Å². The Hall–Kier alpha value is -1.44. The Bertz CT molecular complexity index is 788.